The molecule has 1 fully saturated rings. The standard InChI is InChI=1S/C17H24N4O3/c1-12(2)21-8-4-5-14(21)17-19-16(20-24-17)13-6-7-15(18-11-13)23-10-9-22-3/h6-7,11-12,14H,4-5,8-10H2,1-3H3. The minimum atomic E-state index is 0.218. The minimum absolute atomic E-state index is 0.218. The van der Waals surface area contributed by atoms with E-state index in [0.29, 0.717) is 36.9 Å². The largest absolute Gasteiger partial charge is 0.475 e. The van der Waals surface area contributed by atoms with Gasteiger partial charge in [-0.25, -0.2) is 4.98 Å². The second kappa shape index (κ2) is 7.72. The summed E-state index contributed by atoms with van der Waals surface area (Å²) in [6.45, 7) is 6.48. The van der Waals surface area contributed by atoms with Crippen LogP contribution in [0.5, 0.6) is 5.88 Å². The van der Waals surface area contributed by atoms with Crippen molar-refractivity contribution in [1.29, 1.82) is 0 Å². The summed E-state index contributed by atoms with van der Waals surface area (Å²) >= 11 is 0. The van der Waals surface area contributed by atoms with Gasteiger partial charge in [0.25, 0.3) is 0 Å². The molecule has 0 saturated carbocycles. The van der Waals surface area contributed by atoms with Crippen molar-refractivity contribution >= 4 is 0 Å². The number of methoxy groups -OCH3 is 1. The lowest BCUT2D eigenvalue weighted by atomic mass is 10.2. The lowest BCUT2D eigenvalue weighted by Crippen LogP contribution is -2.30. The van der Waals surface area contributed by atoms with Crippen LogP contribution in [0.3, 0.4) is 0 Å². The highest BCUT2D eigenvalue weighted by Crippen LogP contribution is 2.33. The third-order valence-electron chi connectivity index (χ3n) is 4.22. The Bertz CT molecular complexity index is 642. The van der Waals surface area contributed by atoms with Crippen molar-refractivity contribution in [2.24, 2.45) is 0 Å². The smallest absolute Gasteiger partial charge is 0.244 e. The summed E-state index contributed by atoms with van der Waals surface area (Å²) in [6, 6.07) is 4.38. The molecule has 0 aromatic carbocycles. The zero-order chi connectivity index (χ0) is 16.9. The van der Waals surface area contributed by atoms with Gasteiger partial charge in [0.05, 0.1) is 12.6 Å². The first-order valence-electron chi connectivity index (χ1n) is 8.36. The molecule has 0 amide bonds. The zero-order valence-electron chi connectivity index (χ0n) is 14.4. The van der Waals surface area contributed by atoms with Gasteiger partial charge in [0.15, 0.2) is 0 Å². The molecule has 0 bridgehead atoms. The average molecular weight is 332 g/mol. The highest BCUT2D eigenvalue weighted by atomic mass is 16.5. The molecule has 7 heteroatoms. The number of likely N-dealkylation sites (tertiary alicyclic amines) is 1. The molecule has 2 aromatic rings. The lowest BCUT2D eigenvalue weighted by molar-refractivity contribution is 0.144. The van der Waals surface area contributed by atoms with E-state index in [2.05, 4.69) is 33.9 Å². The summed E-state index contributed by atoms with van der Waals surface area (Å²) in [5.74, 6) is 1.81. The number of rotatable bonds is 7. The van der Waals surface area contributed by atoms with Gasteiger partial charge in [-0.1, -0.05) is 5.16 Å². The molecule has 1 saturated heterocycles. The van der Waals surface area contributed by atoms with Gasteiger partial charge in [0.1, 0.15) is 6.61 Å². The van der Waals surface area contributed by atoms with Crippen LogP contribution in [0.2, 0.25) is 0 Å². The van der Waals surface area contributed by atoms with Gasteiger partial charge in [-0.05, 0) is 39.3 Å². The third kappa shape index (κ3) is 3.73. The molecule has 24 heavy (non-hydrogen) atoms. The monoisotopic (exact) mass is 332 g/mol. The number of hydrogen-bond acceptors (Lipinski definition) is 7. The van der Waals surface area contributed by atoms with Crippen molar-refractivity contribution in [1.82, 2.24) is 20.0 Å². The molecule has 1 unspecified atom stereocenters. The van der Waals surface area contributed by atoms with Crippen molar-refractivity contribution in [2.75, 3.05) is 26.9 Å². The maximum absolute atomic E-state index is 5.51. The Balaban J connectivity index is 1.69. The van der Waals surface area contributed by atoms with Gasteiger partial charge >= 0.3 is 0 Å². The number of aromatic nitrogens is 3. The fraction of sp³-hybridized carbons (Fsp3) is 0.588. The topological polar surface area (TPSA) is 73.5 Å². The van der Waals surface area contributed by atoms with Crippen molar-refractivity contribution in [3.8, 4) is 17.3 Å². The summed E-state index contributed by atoms with van der Waals surface area (Å²) in [7, 11) is 1.64. The fourth-order valence-corrected chi connectivity index (χ4v) is 2.99. The second-order valence-corrected chi connectivity index (χ2v) is 6.17. The maximum atomic E-state index is 5.51. The van der Waals surface area contributed by atoms with E-state index in [1.54, 1.807) is 19.4 Å². The van der Waals surface area contributed by atoms with Gasteiger partial charge in [0.2, 0.25) is 17.6 Å². The molecule has 2 aromatic heterocycles. The SMILES string of the molecule is COCCOc1ccc(-c2noc(C3CCCN3C(C)C)n2)cn1. The molecule has 1 aliphatic rings. The average Bonchev–Trinajstić information content (AvgIpc) is 3.25. The second-order valence-electron chi connectivity index (χ2n) is 6.17. The number of pyridine rings is 1. The van der Waals surface area contributed by atoms with E-state index in [1.165, 1.54) is 0 Å². The molecule has 3 heterocycles. The summed E-state index contributed by atoms with van der Waals surface area (Å²) < 4.78 is 15.9. The highest BCUT2D eigenvalue weighted by molar-refractivity contribution is 5.53. The molecule has 0 spiro atoms. The van der Waals surface area contributed by atoms with E-state index in [9.17, 15) is 0 Å². The van der Waals surface area contributed by atoms with Crippen LogP contribution in [0.25, 0.3) is 11.4 Å². The minimum Gasteiger partial charge on any atom is -0.475 e. The molecule has 130 valence electrons. The number of nitrogens with zero attached hydrogens (tertiary/aromatic N) is 4. The van der Waals surface area contributed by atoms with Crippen LogP contribution in [-0.2, 0) is 4.74 Å². The Morgan fingerprint density at radius 1 is 1.33 bits per heavy atom. The van der Waals surface area contributed by atoms with Crippen LogP contribution in [0.1, 0.15) is 38.6 Å². The molecule has 7 nitrogen and oxygen atoms in total. The molecule has 3 rings (SSSR count). The van der Waals surface area contributed by atoms with Crippen LogP contribution < -0.4 is 4.74 Å². The Kier molecular flexibility index (Phi) is 5.42. The summed E-state index contributed by atoms with van der Waals surface area (Å²) in [5.41, 5.74) is 0.818. The van der Waals surface area contributed by atoms with Crippen LogP contribution in [0.15, 0.2) is 22.9 Å². The molecule has 0 aliphatic carbocycles. The van der Waals surface area contributed by atoms with Crippen LogP contribution >= 0.6 is 0 Å². The molecular weight excluding hydrogens is 308 g/mol. The van der Waals surface area contributed by atoms with Crippen LogP contribution in [0, 0.1) is 0 Å². The normalized spacial score (nSPS) is 18.4. The molecule has 1 aliphatic heterocycles. The predicted molar refractivity (Wildman–Crippen MR) is 88.7 cm³/mol. The van der Waals surface area contributed by atoms with E-state index < -0.39 is 0 Å². The maximum Gasteiger partial charge on any atom is 0.244 e. The molecule has 0 N–H and O–H groups in total. The van der Waals surface area contributed by atoms with E-state index in [0.717, 1.165) is 24.9 Å². The van der Waals surface area contributed by atoms with E-state index in [4.69, 9.17) is 14.0 Å². The summed E-state index contributed by atoms with van der Waals surface area (Å²) in [6.07, 6.45) is 3.92. The van der Waals surface area contributed by atoms with Crippen molar-refractivity contribution in [3.63, 3.8) is 0 Å². The van der Waals surface area contributed by atoms with E-state index in [-0.39, 0.29) is 6.04 Å². The first kappa shape index (κ1) is 16.9. The predicted octanol–water partition coefficient (Wildman–Crippen LogP) is 2.70. The molecule has 0 radical (unpaired) electrons. The van der Waals surface area contributed by atoms with Crippen molar-refractivity contribution in [2.45, 2.75) is 38.8 Å². The number of ether oxygens (including phenoxy) is 2. The van der Waals surface area contributed by atoms with E-state index in [1.807, 2.05) is 6.07 Å². The van der Waals surface area contributed by atoms with Gasteiger partial charge in [0, 0.05) is 31.0 Å². The van der Waals surface area contributed by atoms with Crippen LogP contribution in [-0.4, -0.2) is 52.9 Å². The fourth-order valence-electron chi connectivity index (χ4n) is 2.99. The first-order valence-corrected chi connectivity index (χ1v) is 8.36. The van der Waals surface area contributed by atoms with Crippen LogP contribution in [0.4, 0.5) is 0 Å². The zero-order valence-corrected chi connectivity index (χ0v) is 14.4. The third-order valence-corrected chi connectivity index (χ3v) is 4.22. The summed E-state index contributed by atoms with van der Waals surface area (Å²) in [5, 5.41) is 4.12. The summed E-state index contributed by atoms with van der Waals surface area (Å²) in [4.78, 5) is 11.3. The van der Waals surface area contributed by atoms with Gasteiger partial charge < -0.3 is 14.0 Å². The van der Waals surface area contributed by atoms with Gasteiger partial charge in [-0.15, -0.1) is 0 Å². The molecule has 1 atom stereocenters. The molecular formula is C17H24N4O3. The van der Waals surface area contributed by atoms with Gasteiger partial charge in [-0.3, -0.25) is 4.90 Å². The first-order chi connectivity index (χ1) is 11.7. The quantitative estimate of drug-likeness (QED) is 0.722. The van der Waals surface area contributed by atoms with E-state index >= 15 is 0 Å². The lowest BCUT2D eigenvalue weighted by Gasteiger charge is -2.25. The number of hydrogen-bond donors (Lipinski definition) is 0. The highest BCUT2D eigenvalue weighted by Gasteiger charge is 2.32. The Morgan fingerprint density at radius 2 is 2.21 bits per heavy atom. The Labute approximate surface area is 142 Å². The Hall–Kier alpha value is -1.99. The van der Waals surface area contributed by atoms with Gasteiger partial charge in [-0.2, -0.15) is 4.98 Å². The van der Waals surface area contributed by atoms with Crippen molar-refractivity contribution < 1.29 is 14.0 Å². The van der Waals surface area contributed by atoms with Crippen molar-refractivity contribution in [3.05, 3.63) is 24.2 Å². The Morgan fingerprint density at radius 3 is 2.92 bits per heavy atom.